The number of halogens is 3. The first kappa shape index (κ1) is 23.6. The molecule has 2 aliphatic carbocycles. The molecule has 3 atom stereocenters. The second-order valence-electron chi connectivity index (χ2n) is 8.44. The Labute approximate surface area is 185 Å². The van der Waals surface area contributed by atoms with Crippen LogP contribution in [0.5, 0.6) is 0 Å². The molecule has 3 aliphatic rings. The number of nitrogens with zero attached hydrogens (tertiary/aromatic N) is 1. The summed E-state index contributed by atoms with van der Waals surface area (Å²) in [7, 11) is 0. The molecular formula is C21H32Cl3N3O. The van der Waals surface area contributed by atoms with Crippen molar-refractivity contribution in [3.05, 3.63) is 29.3 Å². The highest BCUT2D eigenvalue weighted by atomic mass is 35.5. The number of fused-ring (bicyclic) bond motifs is 2. The Balaban J connectivity index is 0.00000140. The third kappa shape index (κ3) is 5.08. The lowest BCUT2D eigenvalue weighted by Gasteiger charge is -2.44. The highest BCUT2D eigenvalue weighted by molar-refractivity contribution is 6.33. The van der Waals surface area contributed by atoms with E-state index in [4.69, 9.17) is 17.3 Å². The molecule has 7 heteroatoms. The lowest BCUT2D eigenvalue weighted by molar-refractivity contribution is -0.128. The van der Waals surface area contributed by atoms with Gasteiger partial charge in [-0.25, -0.2) is 0 Å². The van der Waals surface area contributed by atoms with Crippen LogP contribution in [0.25, 0.3) is 0 Å². The fourth-order valence-electron chi connectivity index (χ4n) is 5.34. The highest BCUT2D eigenvalue weighted by Crippen LogP contribution is 2.42. The molecule has 0 radical (unpaired) electrons. The van der Waals surface area contributed by atoms with Gasteiger partial charge in [-0.2, -0.15) is 0 Å². The molecule has 28 heavy (non-hydrogen) atoms. The van der Waals surface area contributed by atoms with E-state index in [0.717, 1.165) is 49.5 Å². The summed E-state index contributed by atoms with van der Waals surface area (Å²) in [4.78, 5) is 15.2. The Morgan fingerprint density at radius 3 is 2.43 bits per heavy atom. The minimum absolute atomic E-state index is 0. The third-order valence-corrected chi connectivity index (χ3v) is 7.06. The zero-order chi connectivity index (χ0) is 18.1. The molecule has 1 aromatic rings. The van der Waals surface area contributed by atoms with Crippen LogP contribution in [0.2, 0.25) is 5.02 Å². The summed E-state index contributed by atoms with van der Waals surface area (Å²) in [5, 5.41) is 4.13. The Bertz CT molecular complexity index is 646. The summed E-state index contributed by atoms with van der Waals surface area (Å²) in [5.74, 6) is 1.49. The zero-order valence-electron chi connectivity index (χ0n) is 16.2. The van der Waals surface area contributed by atoms with Crippen LogP contribution in [0.1, 0.15) is 44.9 Å². The van der Waals surface area contributed by atoms with E-state index in [0.29, 0.717) is 17.9 Å². The number of benzene rings is 1. The molecule has 0 spiro atoms. The summed E-state index contributed by atoms with van der Waals surface area (Å²) < 4.78 is 0. The molecule has 4 rings (SSSR count). The second-order valence-corrected chi connectivity index (χ2v) is 8.85. The SMILES string of the molecule is Cl.Cl.NC1C2CCCC1CC(C(=O)NC1CCCN(c3ccccc3Cl)C1)C2. The lowest BCUT2D eigenvalue weighted by Crippen LogP contribution is -2.53. The number of carbonyl (C=O) groups excluding carboxylic acids is 1. The monoisotopic (exact) mass is 447 g/mol. The van der Waals surface area contributed by atoms with Crippen molar-refractivity contribution in [1.29, 1.82) is 0 Å². The number of carbonyl (C=O) groups is 1. The van der Waals surface area contributed by atoms with Crippen LogP contribution < -0.4 is 16.0 Å². The standard InChI is InChI=1S/C21H30ClN3O.2ClH/c22-18-8-1-2-9-19(18)25-10-4-7-17(13-25)24-21(26)16-11-14-5-3-6-15(12-16)20(14)23;;/h1-2,8-9,14-17,20H,3-7,10-13,23H2,(H,24,26);2*1H. The van der Waals surface area contributed by atoms with E-state index in [2.05, 4.69) is 16.3 Å². The van der Waals surface area contributed by atoms with Crippen molar-refractivity contribution in [2.45, 2.75) is 57.0 Å². The van der Waals surface area contributed by atoms with Crippen molar-refractivity contribution in [1.82, 2.24) is 5.32 Å². The van der Waals surface area contributed by atoms with Crippen LogP contribution in [0.15, 0.2) is 24.3 Å². The zero-order valence-corrected chi connectivity index (χ0v) is 18.6. The van der Waals surface area contributed by atoms with Gasteiger partial charge in [0.25, 0.3) is 0 Å². The van der Waals surface area contributed by atoms with E-state index in [9.17, 15) is 4.79 Å². The molecule has 1 saturated heterocycles. The number of anilines is 1. The molecule has 2 saturated carbocycles. The van der Waals surface area contributed by atoms with Crippen LogP contribution in [-0.4, -0.2) is 31.1 Å². The molecule has 3 unspecified atom stereocenters. The molecular weight excluding hydrogens is 417 g/mol. The fraction of sp³-hybridized carbons (Fsp3) is 0.667. The van der Waals surface area contributed by atoms with Crippen molar-refractivity contribution in [2.75, 3.05) is 18.0 Å². The number of nitrogens with one attached hydrogen (secondary N) is 1. The van der Waals surface area contributed by atoms with E-state index in [1.807, 2.05) is 18.2 Å². The molecule has 1 aromatic carbocycles. The number of amides is 1. The van der Waals surface area contributed by atoms with Gasteiger partial charge in [-0.1, -0.05) is 30.2 Å². The fourth-order valence-corrected chi connectivity index (χ4v) is 5.60. The number of rotatable bonds is 3. The van der Waals surface area contributed by atoms with Gasteiger partial charge in [0.05, 0.1) is 10.7 Å². The first-order chi connectivity index (χ1) is 12.6. The van der Waals surface area contributed by atoms with Gasteiger partial charge in [0.15, 0.2) is 0 Å². The first-order valence-corrected chi connectivity index (χ1v) is 10.5. The van der Waals surface area contributed by atoms with Gasteiger partial charge in [0.1, 0.15) is 0 Å². The number of hydrogen-bond acceptors (Lipinski definition) is 3. The van der Waals surface area contributed by atoms with Gasteiger partial charge < -0.3 is 16.0 Å². The van der Waals surface area contributed by atoms with Crippen LogP contribution in [0.4, 0.5) is 5.69 Å². The summed E-state index contributed by atoms with van der Waals surface area (Å²) in [6, 6.07) is 8.51. The Kier molecular flexibility index (Phi) is 8.75. The largest absolute Gasteiger partial charge is 0.368 e. The number of para-hydroxylation sites is 1. The van der Waals surface area contributed by atoms with Crippen LogP contribution in [0.3, 0.4) is 0 Å². The van der Waals surface area contributed by atoms with E-state index >= 15 is 0 Å². The molecule has 3 N–H and O–H groups in total. The van der Waals surface area contributed by atoms with E-state index in [1.54, 1.807) is 0 Å². The second kappa shape index (κ2) is 10.4. The quantitative estimate of drug-likeness (QED) is 0.719. The van der Waals surface area contributed by atoms with Gasteiger partial charge in [0.2, 0.25) is 5.91 Å². The molecule has 0 aromatic heterocycles. The number of nitrogens with two attached hydrogens (primary N) is 1. The van der Waals surface area contributed by atoms with Gasteiger partial charge in [-0.15, -0.1) is 24.8 Å². The van der Waals surface area contributed by atoms with Gasteiger partial charge in [-0.05, 0) is 62.5 Å². The van der Waals surface area contributed by atoms with Gasteiger partial charge in [-0.3, -0.25) is 4.79 Å². The Morgan fingerprint density at radius 2 is 1.75 bits per heavy atom. The molecule has 4 nitrogen and oxygen atoms in total. The van der Waals surface area contributed by atoms with Gasteiger partial charge >= 0.3 is 0 Å². The van der Waals surface area contributed by atoms with Gasteiger partial charge in [0, 0.05) is 31.1 Å². The average Bonchev–Trinajstić information content (AvgIpc) is 2.62. The minimum Gasteiger partial charge on any atom is -0.368 e. The molecule has 2 bridgehead atoms. The lowest BCUT2D eigenvalue weighted by atomic mass is 9.65. The maximum absolute atomic E-state index is 12.9. The maximum Gasteiger partial charge on any atom is 0.223 e. The highest BCUT2D eigenvalue weighted by Gasteiger charge is 2.41. The summed E-state index contributed by atoms with van der Waals surface area (Å²) in [6.07, 6.45) is 7.76. The molecule has 3 fully saturated rings. The predicted octanol–water partition coefficient (Wildman–Crippen LogP) is 4.42. The summed E-state index contributed by atoms with van der Waals surface area (Å²) >= 11 is 6.36. The average molecular weight is 449 g/mol. The van der Waals surface area contributed by atoms with E-state index in [-0.39, 0.29) is 42.7 Å². The summed E-state index contributed by atoms with van der Waals surface area (Å²) in [6.45, 7) is 1.84. The van der Waals surface area contributed by atoms with Crippen molar-refractivity contribution in [3.8, 4) is 0 Å². The van der Waals surface area contributed by atoms with Crippen molar-refractivity contribution >= 4 is 48.0 Å². The number of hydrogen-bond donors (Lipinski definition) is 2. The normalized spacial score (nSPS) is 31.9. The van der Waals surface area contributed by atoms with E-state index < -0.39 is 0 Å². The van der Waals surface area contributed by atoms with Crippen molar-refractivity contribution < 1.29 is 4.79 Å². The molecule has 1 amide bonds. The van der Waals surface area contributed by atoms with E-state index in [1.165, 1.54) is 19.3 Å². The predicted molar refractivity (Wildman–Crippen MR) is 121 cm³/mol. The summed E-state index contributed by atoms with van der Waals surface area (Å²) in [5.41, 5.74) is 7.45. The maximum atomic E-state index is 12.9. The minimum atomic E-state index is 0. The molecule has 1 aliphatic heterocycles. The smallest absolute Gasteiger partial charge is 0.223 e. The van der Waals surface area contributed by atoms with Crippen molar-refractivity contribution in [2.24, 2.45) is 23.5 Å². The molecule has 1 heterocycles. The van der Waals surface area contributed by atoms with Crippen molar-refractivity contribution in [3.63, 3.8) is 0 Å². The first-order valence-electron chi connectivity index (χ1n) is 10.2. The molecule has 158 valence electrons. The van der Waals surface area contributed by atoms with Crippen LogP contribution >= 0.6 is 36.4 Å². The topological polar surface area (TPSA) is 58.4 Å². The third-order valence-electron chi connectivity index (χ3n) is 6.74. The van der Waals surface area contributed by atoms with Crippen LogP contribution in [0, 0.1) is 17.8 Å². The number of piperidine rings is 1. The Morgan fingerprint density at radius 1 is 1.07 bits per heavy atom. The Hall–Kier alpha value is -0.680. The van der Waals surface area contributed by atoms with Crippen LogP contribution in [-0.2, 0) is 4.79 Å².